The van der Waals surface area contributed by atoms with Crippen LogP contribution in [0, 0.1) is 0 Å². The van der Waals surface area contributed by atoms with Gasteiger partial charge in [-0.05, 0) is 11.1 Å². The van der Waals surface area contributed by atoms with Crippen LogP contribution in [0.2, 0.25) is 0 Å². The van der Waals surface area contributed by atoms with E-state index in [0.29, 0.717) is 13.2 Å². The SMILES string of the molecule is c1ccc(C2COC(C3NC(c4ccccc4)CO3)N2)cc1. The van der Waals surface area contributed by atoms with Crippen LogP contribution in [0.4, 0.5) is 0 Å². The normalized spacial score (nSPS) is 31.5. The summed E-state index contributed by atoms with van der Waals surface area (Å²) < 4.78 is 11.8. The maximum absolute atomic E-state index is 5.89. The van der Waals surface area contributed by atoms with Gasteiger partial charge in [-0.15, -0.1) is 0 Å². The van der Waals surface area contributed by atoms with E-state index < -0.39 is 0 Å². The Morgan fingerprint density at radius 1 is 0.636 bits per heavy atom. The topological polar surface area (TPSA) is 42.5 Å². The molecule has 4 nitrogen and oxygen atoms in total. The summed E-state index contributed by atoms with van der Waals surface area (Å²) in [7, 11) is 0. The predicted molar refractivity (Wildman–Crippen MR) is 84.1 cm³/mol. The number of hydrogen-bond donors (Lipinski definition) is 2. The van der Waals surface area contributed by atoms with Crippen molar-refractivity contribution in [1.29, 1.82) is 0 Å². The number of rotatable bonds is 3. The van der Waals surface area contributed by atoms with Gasteiger partial charge in [0.05, 0.1) is 25.3 Å². The molecule has 2 N–H and O–H groups in total. The van der Waals surface area contributed by atoms with E-state index in [4.69, 9.17) is 9.47 Å². The Labute approximate surface area is 130 Å². The van der Waals surface area contributed by atoms with E-state index in [1.54, 1.807) is 0 Å². The molecule has 114 valence electrons. The van der Waals surface area contributed by atoms with Gasteiger partial charge in [-0.25, -0.2) is 0 Å². The zero-order valence-corrected chi connectivity index (χ0v) is 12.3. The molecule has 4 unspecified atom stereocenters. The maximum atomic E-state index is 5.89. The minimum atomic E-state index is -0.112. The Balaban J connectivity index is 1.38. The van der Waals surface area contributed by atoms with E-state index in [-0.39, 0.29) is 24.5 Å². The van der Waals surface area contributed by atoms with E-state index in [9.17, 15) is 0 Å². The minimum Gasteiger partial charge on any atom is -0.357 e. The molecule has 0 spiro atoms. The number of benzene rings is 2. The van der Waals surface area contributed by atoms with Gasteiger partial charge >= 0.3 is 0 Å². The highest BCUT2D eigenvalue weighted by Crippen LogP contribution is 2.26. The first kappa shape index (κ1) is 13.9. The molecule has 0 aromatic heterocycles. The zero-order chi connectivity index (χ0) is 14.8. The van der Waals surface area contributed by atoms with Gasteiger partial charge in [0.1, 0.15) is 12.5 Å². The largest absolute Gasteiger partial charge is 0.357 e. The first-order valence-electron chi connectivity index (χ1n) is 7.75. The summed E-state index contributed by atoms with van der Waals surface area (Å²) in [5.41, 5.74) is 2.50. The van der Waals surface area contributed by atoms with Crippen LogP contribution in [0.1, 0.15) is 23.2 Å². The highest BCUT2D eigenvalue weighted by molar-refractivity contribution is 5.21. The summed E-state index contributed by atoms with van der Waals surface area (Å²) in [6.07, 6.45) is -0.224. The van der Waals surface area contributed by atoms with Gasteiger partial charge in [0, 0.05) is 0 Å². The molecule has 0 amide bonds. The fraction of sp³-hybridized carbons (Fsp3) is 0.333. The van der Waals surface area contributed by atoms with Crippen molar-refractivity contribution in [3.63, 3.8) is 0 Å². The fourth-order valence-electron chi connectivity index (χ4n) is 3.09. The molecule has 2 heterocycles. The molecular weight excluding hydrogens is 276 g/mol. The monoisotopic (exact) mass is 296 g/mol. The lowest BCUT2D eigenvalue weighted by Gasteiger charge is -2.19. The van der Waals surface area contributed by atoms with Crippen LogP contribution in [0.5, 0.6) is 0 Å². The summed E-state index contributed by atoms with van der Waals surface area (Å²) in [6, 6.07) is 21.2. The molecule has 4 rings (SSSR count). The van der Waals surface area contributed by atoms with Crippen molar-refractivity contribution in [3.8, 4) is 0 Å². The van der Waals surface area contributed by atoms with Gasteiger partial charge in [0.25, 0.3) is 0 Å². The molecule has 2 saturated heterocycles. The molecule has 4 atom stereocenters. The molecule has 2 aliphatic heterocycles. The Hall–Kier alpha value is -1.72. The van der Waals surface area contributed by atoms with E-state index in [1.807, 2.05) is 12.1 Å². The Morgan fingerprint density at radius 2 is 1.05 bits per heavy atom. The lowest BCUT2D eigenvalue weighted by molar-refractivity contribution is -0.0344. The molecule has 0 saturated carbocycles. The number of ether oxygens (including phenoxy) is 2. The Bertz CT molecular complexity index is 549. The molecule has 2 fully saturated rings. The van der Waals surface area contributed by atoms with Crippen LogP contribution in [0.3, 0.4) is 0 Å². The van der Waals surface area contributed by atoms with Crippen LogP contribution in [-0.2, 0) is 9.47 Å². The van der Waals surface area contributed by atoms with Gasteiger partial charge in [0.15, 0.2) is 0 Å². The molecule has 2 aromatic rings. The number of hydrogen-bond acceptors (Lipinski definition) is 4. The summed E-state index contributed by atoms with van der Waals surface area (Å²) >= 11 is 0. The third-order valence-electron chi connectivity index (χ3n) is 4.29. The van der Waals surface area contributed by atoms with Crippen LogP contribution in [0.25, 0.3) is 0 Å². The first-order chi connectivity index (χ1) is 10.9. The predicted octanol–water partition coefficient (Wildman–Crippen LogP) is 2.36. The second-order valence-corrected chi connectivity index (χ2v) is 5.77. The molecule has 2 aliphatic rings. The molecule has 0 radical (unpaired) electrons. The van der Waals surface area contributed by atoms with Crippen LogP contribution < -0.4 is 10.6 Å². The fourth-order valence-corrected chi connectivity index (χ4v) is 3.09. The summed E-state index contributed by atoms with van der Waals surface area (Å²) in [6.45, 7) is 1.35. The van der Waals surface area contributed by atoms with Crippen LogP contribution >= 0.6 is 0 Å². The number of nitrogens with one attached hydrogen (secondary N) is 2. The van der Waals surface area contributed by atoms with Crippen LogP contribution in [0.15, 0.2) is 60.7 Å². The van der Waals surface area contributed by atoms with E-state index in [2.05, 4.69) is 59.2 Å². The summed E-state index contributed by atoms with van der Waals surface area (Å²) in [4.78, 5) is 0. The standard InChI is InChI=1S/C18H20N2O2/c1-3-7-13(8-4-1)15-11-21-17(19-15)18-20-16(12-22-18)14-9-5-2-6-10-14/h1-10,15-20H,11-12H2. The van der Waals surface area contributed by atoms with Crippen molar-refractivity contribution < 1.29 is 9.47 Å². The molecule has 0 aliphatic carbocycles. The van der Waals surface area contributed by atoms with Gasteiger partial charge in [-0.3, -0.25) is 10.6 Å². The lowest BCUT2D eigenvalue weighted by Crippen LogP contribution is -2.43. The third-order valence-corrected chi connectivity index (χ3v) is 4.29. The van der Waals surface area contributed by atoms with Crippen molar-refractivity contribution in [2.24, 2.45) is 0 Å². The zero-order valence-electron chi connectivity index (χ0n) is 12.3. The molecule has 4 heteroatoms. The van der Waals surface area contributed by atoms with Gasteiger partial charge in [-0.1, -0.05) is 60.7 Å². The molecule has 2 aromatic carbocycles. The van der Waals surface area contributed by atoms with Gasteiger partial charge in [0.2, 0.25) is 0 Å². The minimum absolute atomic E-state index is 0.112. The second-order valence-electron chi connectivity index (χ2n) is 5.77. The highest BCUT2D eigenvalue weighted by atomic mass is 16.6. The highest BCUT2D eigenvalue weighted by Gasteiger charge is 2.37. The molecular formula is C18H20N2O2. The van der Waals surface area contributed by atoms with Gasteiger partial charge in [-0.2, -0.15) is 0 Å². The van der Waals surface area contributed by atoms with E-state index in [1.165, 1.54) is 11.1 Å². The van der Waals surface area contributed by atoms with Crippen molar-refractivity contribution >= 4 is 0 Å². The van der Waals surface area contributed by atoms with Crippen molar-refractivity contribution in [2.75, 3.05) is 13.2 Å². The molecule has 22 heavy (non-hydrogen) atoms. The Kier molecular flexibility index (Phi) is 3.91. The van der Waals surface area contributed by atoms with Gasteiger partial charge < -0.3 is 9.47 Å². The van der Waals surface area contributed by atoms with Crippen molar-refractivity contribution in [3.05, 3.63) is 71.8 Å². The average Bonchev–Trinajstić information content (AvgIpc) is 3.26. The Morgan fingerprint density at radius 3 is 1.45 bits per heavy atom. The summed E-state index contributed by atoms with van der Waals surface area (Å²) in [5, 5.41) is 7.02. The second kappa shape index (κ2) is 6.18. The quantitative estimate of drug-likeness (QED) is 0.912. The van der Waals surface area contributed by atoms with E-state index >= 15 is 0 Å². The average molecular weight is 296 g/mol. The third kappa shape index (κ3) is 2.78. The lowest BCUT2D eigenvalue weighted by atomic mass is 10.1. The van der Waals surface area contributed by atoms with Crippen LogP contribution in [-0.4, -0.2) is 25.7 Å². The molecule has 0 bridgehead atoms. The summed E-state index contributed by atoms with van der Waals surface area (Å²) in [5.74, 6) is 0. The first-order valence-corrected chi connectivity index (χ1v) is 7.75. The van der Waals surface area contributed by atoms with Crippen molar-refractivity contribution in [2.45, 2.75) is 24.5 Å². The van der Waals surface area contributed by atoms with Crippen molar-refractivity contribution in [1.82, 2.24) is 10.6 Å². The smallest absolute Gasteiger partial charge is 0.148 e. The van der Waals surface area contributed by atoms with E-state index in [0.717, 1.165) is 0 Å². The maximum Gasteiger partial charge on any atom is 0.148 e.